The largest absolute Gasteiger partial charge is 0.454 e. The highest BCUT2D eigenvalue weighted by Crippen LogP contribution is 2.35. The molecular formula is C13H15N3O3. The van der Waals surface area contributed by atoms with E-state index >= 15 is 0 Å². The van der Waals surface area contributed by atoms with Gasteiger partial charge in [-0.2, -0.15) is 0 Å². The maximum Gasteiger partial charge on any atom is 0.247 e. The van der Waals surface area contributed by atoms with Crippen LogP contribution in [-0.4, -0.2) is 23.0 Å². The first-order valence-electron chi connectivity index (χ1n) is 6.18. The number of ether oxygens (including phenoxy) is 2. The highest BCUT2D eigenvalue weighted by molar-refractivity contribution is 5.60. The third-order valence-corrected chi connectivity index (χ3v) is 2.75. The van der Waals surface area contributed by atoms with Crippen molar-refractivity contribution in [3.8, 4) is 23.0 Å². The van der Waals surface area contributed by atoms with Gasteiger partial charge in [-0.15, -0.1) is 10.2 Å². The van der Waals surface area contributed by atoms with Crippen molar-refractivity contribution in [1.29, 1.82) is 0 Å². The highest BCUT2D eigenvalue weighted by atomic mass is 16.7. The molecule has 6 nitrogen and oxygen atoms in total. The van der Waals surface area contributed by atoms with Gasteiger partial charge in [-0.3, -0.25) is 0 Å². The Morgan fingerprint density at radius 2 is 2.05 bits per heavy atom. The molecule has 0 spiro atoms. The van der Waals surface area contributed by atoms with E-state index in [4.69, 9.17) is 13.9 Å². The molecule has 0 radical (unpaired) electrons. The molecule has 1 aromatic heterocycles. The van der Waals surface area contributed by atoms with E-state index in [0.29, 0.717) is 30.1 Å². The second-order valence-corrected chi connectivity index (χ2v) is 4.60. The predicted octanol–water partition coefficient (Wildman–Crippen LogP) is 1.96. The molecule has 1 aromatic carbocycles. The van der Waals surface area contributed by atoms with Crippen LogP contribution in [0.5, 0.6) is 11.5 Å². The van der Waals surface area contributed by atoms with Crippen LogP contribution in [0.3, 0.4) is 0 Å². The van der Waals surface area contributed by atoms with E-state index in [0.717, 1.165) is 11.3 Å². The van der Waals surface area contributed by atoms with Crippen molar-refractivity contribution in [2.75, 3.05) is 6.79 Å². The van der Waals surface area contributed by atoms with Gasteiger partial charge in [0.05, 0.1) is 6.54 Å². The maximum atomic E-state index is 5.60. The van der Waals surface area contributed by atoms with Crippen molar-refractivity contribution in [2.45, 2.75) is 26.4 Å². The summed E-state index contributed by atoms with van der Waals surface area (Å²) in [6.07, 6.45) is 0. The molecule has 2 heterocycles. The van der Waals surface area contributed by atoms with Crippen LogP contribution in [0.15, 0.2) is 22.6 Å². The predicted molar refractivity (Wildman–Crippen MR) is 67.8 cm³/mol. The Morgan fingerprint density at radius 3 is 2.89 bits per heavy atom. The van der Waals surface area contributed by atoms with Gasteiger partial charge >= 0.3 is 0 Å². The number of hydrogen-bond donors (Lipinski definition) is 1. The molecule has 0 atom stereocenters. The van der Waals surface area contributed by atoms with Crippen LogP contribution in [0.4, 0.5) is 0 Å². The number of nitrogens with one attached hydrogen (secondary N) is 1. The zero-order valence-corrected chi connectivity index (χ0v) is 10.8. The Bertz CT molecular complexity index is 580. The Balaban J connectivity index is 1.79. The van der Waals surface area contributed by atoms with Gasteiger partial charge in [-0.25, -0.2) is 0 Å². The minimum absolute atomic E-state index is 0.256. The Kier molecular flexibility index (Phi) is 3.08. The molecule has 2 aromatic rings. The van der Waals surface area contributed by atoms with Crippen molar-refractivity contribution in [3.63, 3.8) is 0 Å². The number of hydrogen-bond acceptors (Lipinski definition) is 6. The molecule has 6 heteroatoms. The second kappa shape index (κ2) is 4.89. The fourth-order valence-corrected chi connectivity index (χ4v) is 1.76. The molecule has 0 saturated heterocycles. The Labute approximate surface area is 110 Å². The highest BCUT2D eigenvalue weighted by Gasteiger charge is 2.16. The topological polar surface area (TPSA) is 69.4 Å². The lowest BCUT2D eigenvalue weighted by molar-refractivity contribution is 0.174. The molecule has 0 aliphatic carbocycles. The lowest BCUT2D eigenvalue weighted by atomic mass is 10.2. The molecule has 1 aliphatic rings. The van der Waals surface area contributed by atoms with E-state index in [1.807, 2.05) is 18.2 Å². The minimum Gasteiger partial charge on any atom is -0.454 e. The van der Waals surface area contributed by atoms with Gasteiger partial charge in [0, 0.05) is 11.6 Å². The minimum atomic E-state index is 0.256. The van der Waals surface area contributed by atoms with E-state index in [-0.39, 0.29) is 6.79 Å². The van der Waals surface area contributed by atoms with Crippen LogP contribution in [0.2, 0.25) is 0 Å². The summed E-state index contributed by atoms with van der Waals surface area (Å²) in [6.45, 7) is 4.95. The molecule has 100 valence electrons. The van der Waals surface area contributed by atoms with Crippen molar-refractivity contribution in [2.24, 2.45) is 0 Å². The molecule has 1 N–H and O–H groups in total. The quantitative estimate of drug-likeness (QED) is 0.907. The standard InChI is InChI=1S/C13H15N3O3/c1-8(2)14-6-12-15-16-13(19-12)9-3-4-10-11(5-9)18-7-17-10/h3-5,8,14H,6-7H2,1-2H3. The Hall–Kier alpha value is -2.08. The lowest BCUT2D eigenvalue weighted by Gasteiger charge is -2.03. The van der Waals surface area contributed by atoms with E-state index in [1.54, 1.807) is 0 Å². The van der Waals surface area contributed by atoms with E-state index < -0.39 is 0 Å². The van der Waals surface area contributed by atoms with Gasteiger partial charge in [0.25, 0.3) is 0 Å². The van der Waals surface area contributed by atoms with Crippen LogP contribution < -0.4 is 14.8 Å². The number of fused-ring (bicyclic) bond motifs is 1. The zero-order chi connectivity index (χ0) is 13.2. The molecule has 19 heavy (non-hydrogen) atoms. The first-order chi connectivity index (χ1) is 9.22. The summed E-state index contributed by atoms with van der Waals surface area (Å²) in [5.41, 5.74) is 0.826. The number of rotatable bonds is 4. The second-order valence-electron chi connectivity index (χ2n) is 4.60. The molecule has 0 amide bonds. The van der Waals surface area contributed by atoms with Gasteiger partial charge in [-0.1, -0.05) is 13.8 Å². The summed E-state index contributed by atoms with van der Waals surface area (Å²) < 4.78 is 16.2. The van der Waals surface area contributed by atoms with Crippen LogP contribution in [0.1, 0.15) is 19.7 Å². The van der Waals surface area contributed by atoms with Crippen molar-refractivity contribution < 1.29 is 13.9 Å². The average Bonchev–Trinajstić information content (AvgIpc) is 3.04. The van der Waals surface area contributed by atoms with Crippen molar-refractivity contribution in [3.05, 3.63) is 24.1 Å². The smallest absolute Gasteiger partial charge is 0.247 e. The zero-order valence-electron chi connectivity index (χ0n) is 10.8. The third-order valence-electron chi connectivity index (χ3n) is 2.75. The van der Waals surface area contributed by atoms with Crippen LogP contribution >= 0.6 is 0 Å². The normalized spacial score (nSPS) is 13.2. The maximum absolute atomic E-state index is 5.60. The van der Waals surface area contributed by atoms with Crippen LogP contribution in [0.25, 0.3) is 11.5 Å². The fourth-order valence-electron chi connectivity index (χ4n) is 1.76. The third kappa shape index (κ3) is 2.53. The SMILES string of the molecule is CC(C)NCc1nnc(-c2ccc3c(c2)OCO3)o1. The van der Waals surface area contributed by atoms with E-state index in [2.05, 4.69) is 29.4 Å². The first kappa shape index (κ1) is 12.0. The number of benzene rings is 1. The van der Waals surface area contributed by atoms with Crippen LogP contribution in [-0.2, 0) is 6.54 Å². The van der Waals surface area contributed by atoms with E-state index in [9.17, 15) is 0 Å². The molecule has 0 unspecified atom stereocenters. The first-order valence-corrected chi connectivity index (χ1v) is 6.18. The molecule has 0 saturated carbocycles. The number of aromatic nitrogens is 2. The summed E-state index contributed by atoms with van der Waals surface area (Å²) in [5.74, 6) is 2.50. The summed E-state index contributed by atoms with van der Waals surface area (Å²) in [6, 6.07) is 5.94. The molecule has 0 fully saturated rings. The van der Waals surface area contributed by atoms with Gasteiger partial charge in [0.1, 0.15) is 0 Å². The Morgan fingerprint density at radius 1 is 1.21 bits per heavy atom. The van der Waals surface area contributed by atoms with Crippen molar-refractivity contribution >= 4 is 0 Å². The summed E-state index contributed by atoms with van der Waals surface area (Å²) >= 11 is 0. The lowest BCUT2D eigenvalue weighted by Crippen LogP contribution is -2.21. The molecule has 0 bridgehead atoms. The number of nitrogens with zero attached hydrogens (tertiary/aromatic N) is 2. The van der Waals surface area contributed by atoms with Gasteiger partial charge in [0.15, 0.2) is 11.5 Å². The average molecular weight is 261 g/mol. The monoisotopic (exact) mass is 261 g/mol. The molecular weight excluding hydrogens is 246 g/mol. The van der Waals surface area contributed by atoms with Crippen LogP contribution in [0, 0.1) is 0 Å². The molecule has 1 aliphatic heterocycles. The summed E-state index contributed by atoms with van der Waals surface area (Å²) in [5, 5.41) is 11.3. The fraction of sp³-hybridized carbons (Fsp3) is 0.385. The van der Waals surface area contributed by atoms with Gasteiger partial charge < -0.3 is 19.2 Å². The van der Waals surface area contributed by atoms with E-state index in [1.165, 1.54) is 0 Å². The van der Waals surface area contributed by atoms with Crippen molar-refractivity contribution in [1.82, 2.24) is 15.5 Å². The summed E-state index contributed by atoms with van der Waals surface area (Å²) in [7, 11) is 0. The molecule has 3 rings (SSSR count). The van der Waals surface area contributed by atoms with Gasteiger partial charge in [-0.05, 0) is 18.2 Å². The van der Waals surface area contributed by atoms with Gasteiger partial charge in [0.2, 0.25) is 18.6 Å². The summed E-state index contributed by atoms with van der Waals surface area (Å²) in [4.78, 5) is 0.